The fourth-order valence-corrected chi connectivity index (χ4v) is 2.69. The van der Waals surface area contributed by atoms with E-state index in [-0.39, 0.29) is 11.6 Å². The monoisotopic (exact) mass is 308 g/mol. The van der Waals surface area contributed by atoms with E-state index in [0.29, 0.717) is 12.1 Å². The largest absolute Gasteiger partial charge is 0.393 e. The van der Waals surface area contributed by atoms with Crippen molar-refractivity contribution >= 4 is 17.5 Å². The minimum atomic E-state index is -0.807. The minimum absolute atomic E-state index is 0.0126. The van der Waals surface area contributed by atoms with Crippen LogP contribution in [0.2, 0.25) is 0 Å². The molecule has 0 saturated heterocycles. The molecule has 1 fully saturated rings. The SMILES string of the molecule is Cc1ccc(NC(=O)C(=O)N(C)CC2CCCC2O)cc1F. The molecule has 2 N–H and O–H groups in total. The predicted molar refractivity (Wildman–Crippen MR) is 80.8 cm³/mol. The summed E-state index contributed by atoms with van der Waals surface area (Å²) in [5.74, 6) is -1.93. The zero-order valence-corrected chi connectivity index (χ0v) is 12.8. The number of benzene rings is 1. The Kier molecular flexibility index (Phi) is 5.13. The molecule has 0 spiro atoms. The number of rotatable bonds is 3. The molecule has 2 atom stereocenters. The lowest BCUT2D eigenvalue weighted by molar-refractivity contribution is -0.142. The number of likely N-dealkylation sites (N-methyl/N-ethyl adjacent to an activating group) is 1. The second-order valence-electron chi connectivity index (χ2n) is 5.86. The highest BCUT2D eigenvalue weighted by molar-refractivity contribution is 6.39. The highest BCUT2D eigenvalue weighted by Crippen LogP contribution is 2.26. The number of amides is 2. The topological polar surface area (TPSA) is 69.6 Å². The third-order valence-electron chi connectivity index (χ3n) is 4.10. The molecular formula is C16H21FN2O3. The van der Waals surface area contributed by atoms with Gasteiger partial charge in [0.2, 0.25) is 0 Å². The zero-order chi connectivity index (χ0) is 16.3. The van der Waals surface area contributed by atoms with Gasteiger partial charge in [-0.2, -0.15) is 0 Å². The molecule has 0 bridgehead atoms. The average Bonchev–Trinajstić information content (AvgIpc) is 2.87. The fourth-order valence-electron chi connectivity index (χ4n) is 2.69. The predicted octanol–water partition coefficient (Wildman–Crippen LogP) is 1.69. The van der Waals surface area contributed by atoms with Gasteiger partial charge in [0.15, 0.2) is 0 Å². The van der Waals surface area contributed by atoms with E-state index in [2.05, 4.69) is 5.32 Å². The Labute approximate surface area is 129 Å². The molecule has 2 unspecified atom stereocenters. The summed E-state index contributed by atoms with van der Waals surface area (Å²) >= 11 is 0. The molecule has 1 aromatic carbocycles. The quantitative estimate of drug-likeness (QED) is 0.835. The third-order valence-corrected chi connectivity index (χ3v) is 4.10. The summed E-state index contributed by atoms with van der Waals surface area (Å²) in [6, 6.07) is 4.26. The molecule has 0 aromatic heterocycles. The van der Waals surface area contributed by atoms with Crippen LogP contribution in [0.1, 0.15) is 24.8 Å². The summed E-state index contributed by atoms with van der Waals surface area (Å²) in [5, 5.41) is 12.2. The highest BCUT2D eigenvalue weighted by Gasteiger charge is 2.29. The number of aliphatic hydroxyl groups is 1. The Hall–Kier alpha value is -1.95. The lowest BCUT2D eigenvalue weighted by atomic mass is 10.1. The van der Waals surface area contributed by atoms with E-state index in [9.17, 15) is 19.1 Å². The number of carbonyl (C=O) groups excluding carboxylic acids is 2. The normalized spacial score (nSPS) is 20.7. The number of nitrogens with zero attached hydrogens (tertiary/aromatic N) is 1. The van der Waals surface area contributed by atoms with Gasteiger partial charge in [0.25, 0.3) is 0 Å². The number of carbonyl (C=O) groups is 2. The third kappa shape index (κ3) is 3.82. The maximum Gasteiger partial charge on any atom is 0.313 e. The van der Waals surface area contributed by atoms with Crippen LogP contribution in [-0.2, 0) is 9.59 Å². The number of anilines is 1. The van der Waals surface area contributed by atoms with Gasteiger partial charge in [-0.15, -0.1) is 0 Å². The fraction of sp³-hybridized carbons (Fsp3) is 0.500. The van der Waals surface area contributed by atoms with Crippen molar-refractivity contribution in [2.75, 3.05) is 18.9 Å². The van der Waals surface area contributed by atoms with Gasteiger partial charge in [0.05, 0.1) is 6.10 Å². The first-order chi connectivity index (χ1) is 10.4. The minimum Gasteiger partial charge on any atom is -0.393 e. The number of aryl methyl sites for hydroxylation is 1. The van der Waals surface area contributed by atoms with Crippen LogP contribution in [0.15, 0.2) is 18.2 Å². The second kappa shape index (κ2) is 6.87. The van der Waals surface area contributed by atoms with Crippen LogP contribution >= 0.6 is 0 Å². The lowest BCUT2D eigenvalue weighted by Crippen LogP contribution is -2.41. The maximum atomic E-state index is 13.4. The van der Waals surface area contributed by atoms with E-state index in [1.54, 1.807) is 13.0 Å². The highest BCUT2D eigenvalue weighted by atomic mass is 19.1. The van der Waals surface area contributed by atoms with Crippen LogP contribution in [0.3, 0.4) is 0 Å². The number of aliphatic hydroxyl groups excluding tert-OH is 1. The number of hydrogen-bond donors (Lipinski definition) is 2. The van der Waals surface area contributed by atoms with Crippen LogP contribution in [0, 0.1) is 18.7 Å². The van der Waals surface area contributed by atoms with Crippen molar-refractivity contribution in [1.82, 2.24) is 4.90 Å². The molecule has 0 heterocycles. The van der Waals surface area contributed by atoms with Crippen LogP contribution < -0.4 is 5.32 Å². The van der Waals surface area contributed by atoms with Gasteiger partial charge in [0.1, 0.15) is 5.82 Å². The van der Waals surface area contributed by atoms with Crippen molar-refractivity contribution in [1.29, 1.82) is 0 Å². The summed E-state index contributed by atoms with van der Waals surface area (Å²) in [6.45, 7) is 1.96. The molecule has 22 heavy (non-hydrogen) atoms. The Morgan fingerprint density at radius 1 is 1.41 bits per heavy atom. The van der Waals surface area contributed by atoms with Crippen LogP contribution in [0.4, 0.5) is 10.1 Å². The summed E-state index contributed by atoms with van der Waals surface area (Å²) in [4.78, 5) is 25.3. The van der Waals surface area contributed by atoms with Gasteiger partial charge in [-0.1, -0.05) is 12.5 Å². The first kappa shape index (κ1) is 16.4. The summed E-state index contributed by atoms with van der Waals surface area (Å²) in [5.41, 5.74) is 0.715. The smallest absolute Gasteiger partial charge is 0.313 e. The van der Waals surface area contributed by atoms with Crippen LogP contribution in [0.5, 0.6) is 0 Å². The van der Waals surface area contributed by atoms with E-state index in [1.807, 2.05) is 0 Å². The molecule has 0 radical (unpaired) electrons. The zero-order valence-electron chi connectivity index (χ0n) is 12.8. The molecule has 2 amide bonds. The first-order valence-electron chi connectivity index (χ1n) is 7.39. The van der Waals surface area contributed by atoms with E-state index < -0.39 is 23.7 Å². The van der Waals surface area contributed by atoms with Crippen molar-refractivity contribution in [2.45, 2.75) is 32.3 Å². The summed E-state index contributed by atoms with van der Waals surface area (Å²) in [7, 11) is 1.53. The maximum absolute atomic E-state index is 13.4. The molecular weight excluding hydrogens is 287 g/mol. The average molecular weight is 308 g/mol. The molecule has 1 saturated carbocycles. The Morgan fingerprint density at radius 2 is 2.14 bits per heavy atom. The van der Waals surface area contributed by atoms with Crippen molar-refractivity contribution in [2.24, 2.45) is 5.92 Å². The number of nitrogens with one attached hydrogen (secondary N) is 1. The van der Waals surface area contributed by atoms with Crippen LogP contribution in [0.25, 0.3) is 0 Å². The summed E-state index contributed by atoms with van der Waals surface area (Å²) < 4.78 is 13.4. The first-order valence-corrected chi connectivity index (χ1v) is 7.39. The summed E-state index contributed by atoms with van der Waals surface area (Å²) in [6.07, 6.45) is 2.11. The molecule has 2 rings (SSSR count). The van der Waals surface area contributed by atoms with E-state index in [0.717, 1.165) is 19.3 Å². The Balaban J connectivity index is 1.93. The van der Waals surface area contributed by atoms with E-state index in [4.69, 9.17) is 0 Å². The second-order valence-corrected chi connectivity index (χ2v) is 5.86. The van der Waals surface area contributed by atoms with Crippen molar-refractivity contribution in [3.63, 3.8) is 0 Å². The molecule has 5 nitrogen and oxygen atoms in total. The Morgan fingerprint density at radius 3 is 2.73 bits per heavy atom. The van der Waals surface area contributed by atoms with E-state index in [1.165, 1.54) is 24.1 Å². The standard InChI is InChI=1S/C16H21FN2O3/c1-10-6-7-12(8-13(10)17)18-15(21)16(22)19(2)9-11-4-3-5-14(11)20/h6-8,11,14,20H,3-5,9H2,1-2H3,(H,18,21). The van der Waals surface area contributed by atoms with Crippen molar-refractivity contribution in [3.05, 3.63) is 29.6 Å². The Bertz CT molecular complexity index is 577. The number of halogens is 1. The van der Waals surface area contributed by atoms with Gasteiger partial charge in [-0.3, -0.25) is 9.59 Å². The molecule has 1 aliphatic rings. The molecule has 1 aromatic rings. The molecule has 0 aliphatic heterocycles. The van der Waals surface area contributed by atoms with Gasteiger partial charge in [-0.05, 0) is 37.5 Å². The molecule has 1 aliphatic carbocycles. The van der Waals surface area contributed by atoms with Gasteiger partial charge in [-0.25, -0.2) is 4.39 Å². The molecule has 6 heteroatoms. The van der Waals surface area contributed by atoms with Gasteiger partial charge in [0, 0.05) is 25.2 Å². The van der Waals surface area contributed by atoms with Gasteiger partial charge >= 0.3 is 11.8 Å². The van der Waals surface area contributed by atoms with Crippen molar-refractivity contribution in [3.8, 4) is 0 Å². The number of hydrogen-bond acceptors (Lipinski definition) is 3. The van der Waals surface area contributed by atoms with E-state index >= 15 is 0 Å². The molecule has 120 valence electrons. The van der Waals surface area contributed by atoms with Crippen molar-refractivity contribution < 1.29 is 19.1 Å². The van der Waals surface area contributed by atoms with Crippen LogP contribution in [-0.4, -0.2) is 41.5 Å². The lowest BCUT2D eigenvalue weighted by Gasteiger charge is -2.22. The van der Waals surface area contributed by atoms with Gasteiger partial charge < -0.3 is 15.3 Å².